The van der Waals surface area contributed by atoms with E-state index in [1.165, 1.54) is 19.3 Å². The van der Waals surface area contributed by atoms with Crippen molar-refractivity contribution in [2.75, 3.05) is 0 Å². The minimum Gasteiger partial charge on any atom is -0.0617 e. The second kappa shape index (κ2) is 1.84. The summed E-state index contributed by atoms with van der Waals surface area (Å²) in [6.45, 7) is 9.80. The summed E-state index contributed by atoms with van der Waals surface area (Å²) in [5.74, 6) is 1.92. The summed E-state index contributed by atoms with van der Waals surface area (Å²) in [5.41, 5.74) is 1.43. The predicted octanol–water partition coefficient (Wildman–Crippen LogP) is 3.47. The monoisotopic (exact) mass is 152 g/mol. The van der Waals surface area contributed by atoms with E-state index in [0.717, 1.165) is 17.3 Å². The van der Waals surface area contributed by atoms with E-state index in [1.54, 1.807) is 0 Å². The second-order valence-electron chi connectivity index (χ2n) is 5.61. The molecule has 1 spiro atoms. The lowest BCUT2D eigenvalue weighted by molar-refractivity contribution is 0.246. The Kier molecular flexibility index (Phi) is 1.28. The molecule has 2 saturated carbocycles. The third-order valence-corrected chi connectivity index (χ3v) is 4.65. The Morgan fingerprint density at radius 3 is 1.73 bits per heavy atom. The quantitative estimate of drug-likeness (QED) is 0.498. The summed E-state index contributed by atoms with van der Waals surface area (Å²) in [4.78, 5) is 0. The molecular formula is C11H20. The Balaban J connectivity index is 2.24. The van der Waals surface area contributed by atoms with Gasteiger partial charge in [-0.25, -0.2) is 0 Å². The van der Waals surface area contributed by atoms with Crippen molar-refractivity contribution in [3.8, 4) is 0 Å². The molecule has 0 aromatic heterocycles. The second-order valence-corrected chi connectivity index (χ2v) is 5.61. The zero-order valence-corrected chi connectivity index (χ0v) is 8.28. The van der Waals surface area contributed by atoms with Crippen LogP contribution in [0.2, 0.25) is 0 Å². The molecular weight excluding hydrogens is 132 g/mol. The van der Waals surface area contributed by atoms with Gasteiger partial charge in [0.05, 0.1) is 0 Å². The molecule has 64 valence electrons. The van der Waals surface area contributed by atoms with Gasteiger partial charge in [-0.3, -0.25) is 0 Å². The van der Waals surface area contributed by atoms with Crippen molar-refractivity contribution in [1.29, 1.82) is 0 Å². The van der Waals surface area contributed by atoms with Crippen LogP contribution in [0.3, 0.4) is 0 Å². The maximum Gasteiger partial charge on any atom is -0.0263 e. The van der Waals surface area contributed by atoms with E-state index in [2.05, 4.69) is 27.7 Å². The lowest BCUT2D eigenvalue weighted by Gasteiger charge is -2.25. The summed E-state index contributed by atoms with van der Waals surface area (Å²) >= 11 is 0. The van der Waals surface area contributed by atoms with Crippen molar-refractivity contribution >= 4 is 0 Å². The highest BCUT2D eigenvalue weighted by Gasteiger charge is 2.59. The molecule has 2 fully saturated rings. The van der Waals surface area contributed by atoms with Crippen molar-refractivity contribution < 1.29 is 0 Å². The molecule has 11 heavy (non-hydrogen) atoms. The van der Waals surface area contributed by atoms with Gasteiger partial charge in [-0.05, 0) is 41.9 Å². The van der Waals surface area contributed by atoms with Crippen LogP contribution >= 0.6 is 0 Å². The van der Waals surface area contributed by atoms with Gasteiger partial charge in [-0.2, -0.15) is 0 Å². The molecule has 0 N–H and O–H groups in total. The van der Waals surface area contributed by atoms with Gasteiger partial charge in [-0.1, -0.05) is 27.7 Å². The highest BCUT2D eigenvalue weighted by molar-refractivity contribution is 5.08. The Morgan fingerprint density at radius 2 is 1.55 bits per heavy atom. The van der Waals surface area contributed by atoms with E-state index in [0.29, 0.717) is 5.41 Å². The first kappa shape index (κ1) is 7.64. The van der Waals surface area contributed by atoms with Crippen molar-refractivity contribution in [1.82, 2.24) is 0 Å². The average Bonchev–Trinajstić information content (AvgIpc) is 2.62. The van der Waals surface area contributed by atoms with Gasteiger partial charge in [-0.15, -0.1) is 0 Å². The standard InChI is InChI=1S/C11H20/c1-8-9(2)11(5-6-11)7-10(8,3)4/h8-9H,5-7H2,1-4H3. The van der Waals surface area contributed by atoms with Crippen LogP contribution in [0.15, 0.2) is 0 Å². The molecule has 2 rings (SSSR count). The van der Waals surface area contributed by atoms with Crippen molar-refractivity contribution in [3.05, 3.63) is 0 Å². The van der Waals surface area contributed by atoms with Gasteiger partial charge in [0.25, 0.3) is 0 Å². The van der Waals surface area contributed by atoms with Crippen LogP contribution < -0.4 is 0 Å². The lowest BCUT2D eigenvalue weighted by atomic mass is 9.81. The largest absolute Gasteiger partial charge is 0.0617 e. The Hall–Kier alpha value is 0. The fraction of sp³-hybridized carbons (Fsp3) is 1.00. The third-order valence-electron chi connectivity index (χ3n) is 4.65. The molecule has 0 heteroatoms. The van der Waals surface area contributed by atoms with Crippen LogP contribution in [0.4, 0.5) is 0 Å². The molecule has 0 heterocycles. The summed E-state index contributed by atoms with van der Waals surface area (Å²) in [6.07, 6.45) is 4.52. The molecule has 2 aliphatic rings. The Bertz CT molecular complexity index is 166. The number of hydrogen-bond acceptors (Lipinski definition) is 0. The maximum absolute atomic E-state index is 2.46. The van der Waals surface area contributed by atoms with E-state index in [4.69, 9.17) is 0 Å². The summed E-state index contributed by atoms with van der Waals surface area (Å²) in [7, 11) is 0. The summed E-state index contributed by atoms with van der Waals surface area (Å²) < 4.78 is 0. The fourth-order valence-electron chi connectivity index (χ4n) is 3.23. The highest BCUT2D eigenvalue weighted by Crippen LogP contribution is 2.68. The van der Waals surface area contributed by atoms with E-state index in [1.807, 2.05) is 0 Å². The molecule has 0 bridgehead atoms. The van der Waals surface area contributed by atoms with E-state index in [-0.39, 0.29) is 0 Å². The first-order valence-electron chi connectivity index (χ1n) is 4.98. The molecule has 2 atom stereocenters. The van der Waals surface area contributed by atoms with Crippen LogP contribution in [0, 0.1) is 22.7 Å². The predicted molar refractivity (Wildman–Crippen MR) is 48.4 cm³/mol. The van der Waals surface area contributed by atoms with E-state index >= 15 is 0 Å². The molecule has 0 aromatic carbocycles. The minimum absolute atomic E-state index is 0.621. The number of rotatable bonds is 0. The number of hydrogen-bond donors (Lipinski definition) is 0. The van der Waals surface area contributed by atoms with Crippen LogP contribution in [0.25, 0.3) is 0 Å². The van der Waals surface area contributed by atoms with E-state index < -0.39 is 0 Å². The summed E-state index contributed by atoms with van der Waals surface area (Å²) in [5, 5.41) is 0. The van der Waals surface area contributed by atoms with Gasteiger partial charge in [0.15, 0.2) is 0 Å². The smallest absolute Gasteiger partial charge is 0.0263 e. The molecule has 0 amide bonds. The van der Waals surface area contributed by atoms with Gasteiger partial charge >= 0.3 is 0 Å². The highest BCUT2D eigenvalue weighted by atomic mass is 14.6. The lowest BCUT2D eigenvalue weighted by Crippen LogP contribution is -2.17. The zero-order chi connectivity index (χ0) is 8.28. The van der Waals surface area contributed by atoms with Crippen LogP contribution in [0.1, 0.15) is 47.0 Å². The normalized spacial score (nSPS) is 44.7. The molecule has 0 saturated heterocycles. The van der Waals surface area contributed by atoms with Crippen molar-refractivity contribution in [2.45, 2.75) is 47.0 Å². The SMILES string of the molecule is CC1C(C)C2(CC2)CC1(C)C. The Morgan fingerprint density at radius 1 is 1.00 bits per heavy atom. The zero-order valence-electron chi connectivity index (χ0n) is 8.28. The topological polar surface area (TPSA) is 0 Å². The first-order valence-corrected chi connectivity index (χ1v) is 4.98. The third kappa shape index (κ3) is 0.878. The van der Waals surface area contributed by atoms with Crippen LogP contribution in [-0.4, -0.2) is 0 Å². The van der Waals surface area contributed by atoms with Gasteiger partial charge in [0.2, 0.25) is 0 Å². The summed E-state index contributed by atoms with van der Waals surface area (Å²) in [6, 6.07) is 0. The van der Waals surface area contributed by atoms with Crippen LogP contribution in [0.5, 0.6) is 0 Å². The van der Waals surface area contributed by atoms with Crippen molar-refractivity contribution in [2.24, 2.45) is 22.7 Å². The van der Waals surface area contributed by atoms with Gasteiger partial charge < -0.3 is 0 Å². The Labute approximate surface area is 70.4 Å². The molecule has 0 aromatic rings. The first-order chi connectivity index (χ1) is 4.98. The van der Waals surface area contributed by atoms with Gasteiger partial charge in [0, 0.05) is 0 Å². The molecule has 0 aliphatic heterocycles. The molecule has 2 unspecified atom stereocenters. The fourth-order valence-corrected chi connectivity index (χ4v) is 3.23. The van der Waals surface area contributed by atoms with E-state index in [9.17, 15) is 0 Å². The minimum atomic E-state index is 0.621. The maximum atomic E-state index is 2.46. The van der Waals surface area contributed by atoms with Gasteiger partial charge in [0.1, 0.15) is 0 Å². The molecule has 2 aliphatic carbocycles. The molecule has 0 nitrogen and oxygen atoms in total. The van der Waals surface area contributed by atoms with Crippen molar-refractivity contribution in [3.63, 3.8) is 0 Å². The molecule has 0 radical (unpaired) electrons. The van der Waals surface area contributed by atoms with Crippen LogP contribution in [-0.2, 0) is 0 Å². The average molecular weight is 152 g/mol.